The molecule has 2 bridgehead atoms. The minimum atomic E-state index is -1.24. The van der Waals surface area contributed by atoms with Crippen molar-refractivity contribution in [2.75, 3.05) is 5.32 Å². The molecule has 204 valence electrons. The van der Waals surface area contributed by atoms with E-state index in [4.69, 9.17) is 27.9 Å². The van der Waals surface area contributed by atoms with Gasteiger partial charge in [0.1, 0.15) is 11.6 Å². The van der Waals surface area contributed by atoms with E-state index in [1.165, 1.54) is 6.42 Å². The van der Waals surface area contributed by atoms with E-state index in [2.05, 4.69) is 10.6 Å². The number of hydrogen-bond acceptors (Lipinski definition) is 4. The first-order valence-electron chi connectivity index (χ1n) is 13.5. The number of amides is 3. The second-order valence-electron chi connectivity index (χ2n) is 11.2. The third kappa shape index (κ3) is 4.45. The Labute approximate surface area is 237 Å². The number of halogens is 2. The summed E-state index contributed by atoms with van der Waals surface area (Å²) in [5.41, 5.74) is -0.904. The summed E-state index contributed by atoms with van der Waals surface area (Å²) in [6.45, 7) is 2.05. The predicted octanol–water partition coefficient (Wildman–Crippen LogP) is 5.12. The van der Waals surface area contributed by atoms with Gasteiger partial charge in [-0.05, 0) is 43.5 Å². The monoisotopic (exact) mass is 567 g/mol. The quantitative estimate of drug-likeness (QED) is 0.474. The topological polar surface area (TPSA) is 87.7 Å². The average Bonchev–Trinajstić information content (AvgIpc) is 3.48. The molecule has 3 aliphatic heterocycles. The third-order valence-corrected chi connectivity index (χ3v) is 9.40. The zero-order chi connectivity index (χ0) is 27.4. The van der Waals surface area contributed by atoms with Crippen molar-refractivity contribution in [3.63, 3.8) is 0 Å². The van der Waals surface area contributed by atoms with Crippen molar-refractivity contribution in [1.29, 1.82) is 0 Å². The van der Waals surface area contributed by atoms with E-state index < -0.39 is 29.1 Å². The molecule has 2 aromatic carbocycles. The molecule has 2 N–H and O–H groups in total. The van der Waals surface area contributed by atoms with Gasteiger partial charge in [0.2, 0.25) is 17.7 Å². The second kappa shape index (κ2) is 9.95. The SMILES string of the molecule is C[C@]12C=CC3(O1)C(C(=O)NC1CCCCC1)N(Cc1ccccc1)C(=O)[C@H]3C2C(=O)Nc1ccc(Cl)c(Cl)c1. The van der Waals surface area contributed by atoms with Gasteiger partial charge in [0, 0.05) is 18.3 Å². The molecule has 6 rings (SSSR count). The fraction of sp³-hybridized carbons (Fsp3) is 0.433. The predicted molar refractivity (Wildman–Crippen MR) is 149 cm³/mol. The van der Waals surface area contributed by atoms with E-state index in [0.29, 0.717) is 15.7 Å². The standard InChI is InChI=1S/C30H31Cl2N3O4/c1-29-14-15-30(39-29)24(23(29)26(36)34-20-12-13-21(31)22(32)16-20)28(38)35(17-18-8-4-2-5-9-18)25(30)27(37)33-19-10-6-3-7-11-19/h2,4-5,8-9,12-16,19,23-25H,3,6-7,10-11,17H2,1H3,(H,33,37)(H,34,36)/t23?,24-,25?,29-,30?/m1/s1. The van der Waals surface area contributed by atoms with Crippen LogP contribution in [0.2, 0.25) is 10.0 Å². The van der Waals surface area contributed by atoms with Crippen LogP contribution >= 0.6 is 23.2 Å². The lowest BCUT2D eigenvalue weighted by molar-refractivity contribution is -0.145. The molecule has 3 amide bonds. The molecule has 39 heavy (non-hydrogen) atoms. The lowest BCUT2D eigenvalue weighted by Crippen LogP contribution is -2.56. The smallest absolute Gasteiger partial charge is 0.246 e. The Kier molecular flexibility index (Phi) is 6.72. The van der Waals surface area contributed by atoms with Crippen LogP contribution in [0, 0.1) is 11.8 Å². The van der Waals surface area contributed by atoms with Crippen LogP contribution in [0.5, 0.6) is 0 Å². The molecule has 3 heterocycles. The fourth-order valence-electron chi connectivity index (χ4n) is 6.90. The maximum Gasteiger partial charge on any atom is 0.246 e. The summed E-state index contributed by atoms with van der Waals surface area (Å²) < 4.78 is 6.60. The molecule has 1 spiro atoms. The highest BCUT2D eigenvalue weighted by Gasteiger charge is 2.76. The second-order valence-corrected chi connectivity index (χ2v) is 12.1. The molecule has 3 fully saturated rings. The average molecular weight is 569 g/mol. The van der Waals surface area contributed by atoms with Crippen LogP contribution in [0.4, 0.5) is 5.69 Å². The van der Waals surface area contributed by atoms with Crippen molar-refractivity contribution < 1.29 is 19.1 Å². The molecule has 4 aliphatic rings. The number of nitrogens with one attached hydrogen (secondary N) is 2. The van der Waals surface area contributed by atoms with E-state index in [1.807, 2.05) is 42.5 Å². The van der Waals surface area contributed by atoms with Gasteiger partial charge >= 0.3 is 0 Å². The first kappa shape index (κ1) is 26.4. The third-order valence-electron chi connectivity index (χ3n) is 8.66. The van der Waals surface area contributed by atoms with Gasteiger partial charge in [-0.15, -0.1) is 0 Å². The highest BCUT2D eigenvalue weighted by molar-refractivity contribution is 6.42. The maximum atomic E-state index is 14.2. The number of rotatable bonds is 6. The van der Waals surface area contributed by atoms with E-state index in [1.54, 1.807) is 30.0 Å². The van der Waals surface area contributed by atoms with E-state index in [9.17, 15) is 14.4 Å². The molecule has 0 aromatic heterocycles. The summed E-state index contributed by atoms with van der Waals surface area (Å²) in [6.07, 6.45) is 8.83. The number of nitrogens with zero attached hydrogens (tertiary/aromatic N) is 1. The Hall–Kier alpha value is -2.87. The van der Waals surface area contributed by atoms with Crippen molar-refractivity contribution in [2.45, 2.75) is 68.9 Å². The molecule has 0 radical (unpaired) electrons. The molecule has 3 unspecified atom stereocenters. The van der Waals surface area contributed by atoms with Gasteiger partial charge in [0.15, 0.2) is 0 Å². The van der Waals surface area contributed by atoms with Crippen LogP contribution in [0.25, 0.3) is 0 Å². The van der Waals surface area contributed by atoms with Crippen LogP contribution in [-0.2, 0) is 25.7 Å². The first-order chi connectivity index (χ1) is 18.7. The molecule has 2 aromatic rings. The molecular formula is C30H31Cl2N3O4. The van der Waals surface area contributed by atoms with E-state index in [0.717, 1.165) is 31.2 Å². The number of likely N-dealkylation sites (tertiary alicyclic amines) is 1. The van der Waals surface area contributed by atoms with Crippen LogP contribution in [0.1, 0.15) is 44.6 Å². The van der Waals surface area contributed by atoms with Crippen molar-refractivity contribution in [3.8, 4) is 0 Å². The first-order valence-corrected chi connectivity index (χ1v) is 14.3. The highest BCUT2D eigenvalue weighted by atomic mass is 35.5. The number of benzene rings is 2. The lowest BCUT2D eigenvalue weighted by atomic mass is 9.70. The zero-order valence-corrected chi connectivity index (χ0v) is 23.2. The zero-order valence-electron chi connectivity index (χ0n) is 21.7. The van der Waals surface area contributed by atoms with Gasteiger partial charge in [0.25, 0.3) is 0 Å². The van der Waals surface area contributed by atoms with Crippen LogP contribution in [-0.4, -0.2) is 45.9 Å². The van der Waals surface area contributed by atoms with Gasteiger partial charge in [-0.3, -0.25) is 14.4 Å². The number of fused-ring (bicyclic) bond motifs is 1. The minimum absolute atomic E-state index is 0.0716. The van der Waals surface area contributed by atoms with E-state index >= 15 is 0 Å². The number of ether oxygens (including phenoxy) is 1. The highest BCUT2D eigenvalue weighted by Crippen LogP contribution is 2.60. The number of carbonyl (C=O) groups is 3. The maximum absolute atomic E-state index is 14.2. The fourth-order valence-corrected chi connectivity index (χ4v) is 7.20. The van der Waals surface area contributed by atoms with Crippen molar-refractivity contribution in [2.24, 2.45) is 11.8 Å². The molecule has 5 atom stereocenters. The summed E-state index contributed by atoms with van der Waals surface area (Å²) in [4.78, 5) is 43.6. The Morgan fingerprint density at radius 2 is 1.74 bits per heavy atom. The largest absolute Gasteiger partial charge is 0.356 e. The van der Waals surface area contributed by atoms with Crippen molar-refractivity contribution >= 4 is 46.6 Å². The summed E-state index contributed by atoms with van der Waals surface area (Å²) in [6, 6.07) is 13.6. The van der Waals surface area contributed by atoms with Crippen molar-refractivity contribution in [3.05, 3.63) is 76.3 Å². The minimum Gasteiger partial charge on any atom is -0.356 e. The molecular weight excluding hydrogens is 537 g/mol. The molecule has 1 saturated carbocycles. The molecule has 7 nitrogen and oxygen atoms in total. The number of carbonyl (C=O) groups excluding carboxylic acids is 3. The Morgan fingerprint density at radius 3 is 2.46 bits per heavy atom. The van der Waals surface area contributed by atoms with Gasteiger partial charge in [0.05, 0.1) is 27.5 Å². The summed E-state index contributed by atoms with van der Waals surface area (Å²) in [5.74, 6) is -2.54. The Bertz CT molecular complexity index is 1340. The molecule has 9 heteroatoms. The summed E-state index contributed by atoms with van der Waals surface area (Å²) in [5, 5.41) is 6.81. The van der Waals surface area contributed by atoms with Crippen LogP contribution in [0.15, 0.2) is 60.7 Å². The summed E-state index contributed by atoms with van der Waals surface area (Å²) >= 11 is 12.2. The molecule has 1 aliphatic carbocycles. The van der Waals surface area contributed by atoms with Crippen LogP contribution in [0.3, 0.4) is 0 Å². The number of anilines is 1. The van der Waals surface area contributed by atoms with Crippen molar-refractivity contribution in [1.82, 2.24) is 10.2 Å². The Balaban J connectivity index is 1.35. The molecule has 2 saturated heterocycles. The van der Waals surface area contributed by atoms with E-state index in [-0.39, 0.29) is 30.3 Å². The normalized spacial score (nSPS) is 31.4. The van der Waals surface area contributed by atoms with Gasteiger partial charge < -0.3 is 20.3 Å². The summed E-state index contributed by atoms with van der Waals surface area (Å²) in [7, 11) is 0. The van der Waals surface area contributed by atoms with Gasteiger partial charge in [-0.25, -0.2) is 0 Å². The van der Waals surface area contributed by atoms with Gasteiger partial charge in [-0.1, -0.05) is 84.9 Å². The lowest BCUT2D eigenvalue weighted by Gasteiger charge is -2.34. The number of hydrogen-bond donors (Lipinski definition) is 2. The Morgan fingerprint density at radius 1 is 1.00 bits per heavy atom. The van der Waals surface area contributed by atoms with Gasteiger partial charge in [-0.2, -0.15) is 0 Å². The van der Waals surface area contributed by atoms with Crippen LogP contribution < -0.4 is 10.6 Å².